The van der Waals surface area contributed by atoms with Gasteiger partial charge in [-0.3, -0.25) is 9.89 Å². The zero-order valence-corrected chi connectivity index (χ0v) is 14.3. The Morgan fingerprint density at radius 1 is 1.27 bits per heavy atom. The fourth-order valence-electron chi connectivity index (χ4n) is 2.36. The third-order valence-corrected chi connectivity index (χ3v) is 4.50. The number of thiophene rings is 1. The molecule has 0 atom stereocenters. The molecule has 9 heteroatoms. The van der Waals surface area contributed by atoms with Crippen molar-refractivity contribution in [2.75, 3.05) is 5.32 Å². The number of hydrogen-bond acceptors (Lipinski definition) is 6. The van der Waals surface area contributed by atoms with Gasteiger partial charge in [-0.1, -0.05) is 5.16 Å². The number of nitrogens with zero attached hydrogens (tertiary/aromatic N) is 3. The van der Waals surface area contributed by atoms with Crippen LogP contribution in [0.25, 0.3) is 22.0 Å². The number of aromatic nitrogens is 4. The molecular formula is C17H12FN5O2S. The van der Waals surface area contributed by atoms with Crippen LogP contribution in [0.2, 0.25) is 0 Å². The maximum absolute atomic E-state index is 13.0. The van der Waals surface area contributed by atoms with Crippen molar-refractivity contribution in [3.05, 3.63) is 59.1 Å². The van der Waals surface area contributed by atoms with Gasteiger partial charge >= 0.3 is 0 Å². The Kier molecular flexibility index (Phi) is 4.05. The van der Waals surface area contributed by atoms with Gasteiger partial charge in [0.15, 0.2) is 5.82 Å². The Bertz CT molecular complexity index is 1070. The third-order valence-electron chi connectivity index (χ3n) is 3.60. The van der Waals surface area contributed by atoms with Gasteiger partial charge in [-0.2, -0.15) is 10.1 Å². The quantitative estimate of drug-likeness (QED) is 0.569. The molecule has 7 nitrogen and oxygen atoms in total. The maximum Gasteiger partial charge on any atom is 0.273 e. The summed E-state index contributed by atoms with van der Waals surface area (Å²) in [6.07, 6.45) is 0. The molecule has 0 bridgehead atoms. The van der Waals surface area contributed by atoms with E-state index in [-0.39, 0.29) is 17.4 Å². The van der Waals surface area contributed by atoms with Crippen molar-refractivity contribution in [2.24, 2.45) is 0 Å². The van der Waals surface area contributed by atoms with Crippen molar-refractivity contribution >= 4 is 22.9 Å². The van der Waals surface area contributed by atoms with Crippen LogP contribution in [0.15, 0.2) is 46.3 Å². The molecule has 3 heterocycles. The van der Waals surface area contributed by atoms with Gasteiger partial charge in [-0.05, 0) is 48.7 Å². The molecule has 0 saturated heterocycles. The minimum Gasteiger partial charge on any atom is -0.333 e. The van der Waals surface area contributed by atoms with Crippen LogP contribution in [0.5, 0.6) is 0 Å². The minimum absolute atomic E-state index is 0.281. The summed E-state index contributed by atoms with van der Waals surface area (Å²) in [5.41, 5.74) is 2.11. The monoisotopic (exact) mass is 369 g/mol. The molecule has 1 amide bonds. The predicted octanol–water partition coefficient (Wildman–Crippen LogP) is 3.89. The average Bonchev–Trinajstić information content (AvgIpc) is 3.35. The van der Waals surface area contributed by atoms with E-state index in [0.29, 0.717) is 33.5 Å². The van der Waals surface area contributed by atoms with Crippen molar-refractivity contribution in [2.45, 2.75) is 6.92 Å². The Labute approximate surface area is 150 Å². The summed E-state index contributed by atoms with van der Waals surface area (Å²) in [6, 6.07) is 9.24. The van der Waals surface area contributed by atoms with Crippen LogP contribution in [0.4, 0.5) is 10.1 Å². The van der Waals surface area contributed by atoms with Crippen LogP contribution < -0.4 is 5.32 Å². The van der Waals surface area contributed by atoms with Crippen LogP contribution >= 0.6 is 11.3 Å². The second-order valence-corrected chi connectivity index (χ2v) is 6.35. The van der Waals surface area contributed by atoms with Crippen molar-refractivity contribution in [3.63, 3.8) is 0 Å². The molecule has 26 heavy (non-hydrogen) atoms. The molecule has 0 spiro atoms. The highest BCUT2D eigenvalue weighted by molar-refractivity contribution is 7.14. The average molecular weight is 369 g/mol. The lowest BCUT2D eigenvalue weighted by Crippen LogP contribution is -2.12. The molecule has 0 aliphatic heterocycles. The maximum atomic E-state index is 13.0. The first-order valence-electron chi connectivity index (χ1n) is 7.61. The molecule has 0 radical (unpaired) electrons. The van der Waals surface area contributed by atoms with Crippen LogP contribution in [0.3, 0.4) is 0 Å². The lowest BCUT2D eigenvalue weighted by atomic mass is 10.1. The molecule has 130 valence electrons. The lowest BCUT2D eigenvalue weighted by molar-refractivity contribution is 0.102. The number of halogens is 1. The number of amides is 1. The molecule has 4 rings (SSSR count). The summed E-state index contributed by atoms with van der Waals surface area (Å²) >= 11 is 1.38. The van der Waals surface area contributed by atoms with Gasteiger partial charge in [0.25, 0.3) is 11.8 Å². The fraction of sp³-hybridized carbons (Fsp3) is 0.0588. The van der Waals surface area contributed by atoms with Gasteiger partial charge in [-0.25, -0.2) is 4.39 Å². The van der Waals surface area contributed by atoms with Gasteiger partial charge in [0.05, 0.1) is 11.4 Å². The van der Waals surface area contributed by atoms with E-state index in [0.717, 1.165) is 0 Å². The highest BCUT2D eigenvalue weighted by Gasteiger charge is 2.17. The molecule has 0 aliphatic rings. The van der Waals surface area contributed by atoms with Crippen molar-refractivity contribution in [3.8, 4) is 22.0 Å². The van der Waals surface area contributed by atoms with Gasteiger partial charge in [0.2, 0.25) is 0 Å². The summed E-state index contributed by atoms with van der Waals surface area (Å²) in [6.45, 7) is 1.72. The van der Waals surface area contributed by atoms with Crippen LogP contribution in [-0.4, -0.2) is 26.2 Å². The number of H-pyrrole nitrogens is 1. The largest absolute Gasteiger partial charge is 0.333 e. The molecule has 1 aromatic carbocycles. The van der Waals surface area contributed by atoms with E-state index in [4.69, 9.17) is 4.52 Å². The van der Waals surface area contributed by atoms with Crippen molar-refractivity contribution in [1.29, 1.82) is 0 Å². The Hall–Kier alpha value is -3.33. The molecule has 0 saturated carbocycles. The predicted molar refractivity (Wildman–Crippen MR) is 94.3 cm³/mol. The number of nitrogens with one attached hydrogen (secondary N) is 2. The molecule has 0 unspecified atom stereocenters. The topological polar surface area (TPSA) is 96.7 Å². The molecule has 3 aromatic heterocycles. The first kappa shape index (κ1) is 16.2. The van der Waals surface area contributed by atoms with Gasteiger partial charge < -0.3 is 9.84 Å². The van der Waals surface area contributed by atoms with Crippen LogP contribution in [-0.2, 0) is 0 Å². The Balaban J connectivity index is 1.55. The van der Waals surface area contributed by atoms with Gasteiger partial charge in [0.1, 0.15) is 16.4 Å². The SMILES string of the molecule is Cc1noc(-c2sccc2NC(=O)c2cc(-c3ccc(F)cc3)n[nH]2)n1. The second kappa shape index (κ2) is 6.52. The summed E-state index contributed by atoms with van der Waals surface area (Å²) < 4.78 is 18.2. The first-order valence-corrected chi connectivity index (χ1v) is 8.49. The Morgan fingerprint density at radius 2 is 2.08 bits per heavy atom. The highest BCUT2D eigenvalue weighted by Crippen LogP contribution is 2.32. The van der Waals surface area contributed by atoms with Crippen LogP contribution in [0, 0.1) is 12.7 Å². The molecule has 0 fully saturated rings. The van der Waals surface area contributed by atoms with E-state index in [1.54, 1.807) is 31.2 Å². The van der Waals surface area contributed by atoms with E-state index in [1.807, 2.05) is 5.38 Å². The molecular weight excluding hydrogens is 357 g/mol. The third kappa shape index (κ3) is 3.11. The number of aryl methyl sites for hydroxylation is 1. The standard InChI is InChI=1S/C17H12FN5O2S/c1-9-19-17(25-23-9)15-12(6-7-26-15)20-16(24)14-8-13(21-22-14)10-2-4-11(18)5-3-10/h2-8H,1H3,(H,20,24)(H,21,22). The van der Waals surface area contributed by atoms with Gasteiger partial charge in [0, 0.05) is 5.56 Å². The Morgan fingerprint density at radius 3 is 2.81 bits per heavy atom. The van der Waals surface area contributed by atoms with E-state index in [2.05, 4.69) is 25.7 Å². The summed E-state index contributed by atoms with van der Waals surface area (Å²) in [4.78, 5) is 17.3. The smallest absolute Gasteiger partial charge is 0.273 e. The van der Waals surface area contributed by atoms with E-state index in [1.165, 1.54) is 23.5 Å². The second-order valence-electron chi connectivity index (χ2n) is 5.44. The highest BCUT2D eigenvalue weighted by atomic mass is 32.1. The zero-order chi connectivity index (χ0) is 18.1. The van der Waals surface area contributed by atoms with Gasteiger partial charge in [-0.15, -0.1) is 11.3 Å². The van der Waals surface area contributed by atoms with E-state index in [9.17, 15) is 9.18 Å². The zero-order valence-electron chi connectivity index (χ0n) is 13.5. The summed E-state index contributed by atoms with van der Waals surface area (Å²) in [5, 5.41) is 15.2. The number of anilines is 1. The normalized spacial score (nSPS) is 10.8. The first-order chi connectivity index (χ1) is 12.6. The molecule has 2 N–H and O–H groups in total. The van der Waals surface area contributed by atoms with Crippen LogP contribution in [0.1, 0.15) is 16.3 Å². The van der Waals surface area contributed by atoms with E-state index >= 15 is 0 Å². The van der Waals surface area contributed by atoms with E-state index < -0.39 is 0 Å². The lowest BCUT2D eigenvalue weighted by Gasteiger charge is -2.02. The van der Waals surface area contributed by atoms with Crippen molar-refractivity contribution < 1.29 is 13.7 Å². The number of benzene rings is 1. The van der Waals surface area contributed by atoms with Crippen molar-refractivity contribution in [1.82, 2.24) is 20.3 Å². The summed E-state index contributed by atoms with van der Waals surface area (Å²) in [5.74, 6) is 0.179. The molecule has 4 aromatic rings. The molecule has 0 aliphatic carbocycles. The number of carbonyl (C=O) groups is 1. The number of aromatic amines is 1. The summed E-state index contributed by atoms with van der Waals surface area (Å²) in [7, 11) is 0. The number of hydrogen-bond donors (Lipinski definition) is 2. The fourth-order valence-corrected chi connectivity index (χ4v) is 3.13. The minimum atomic E-state index is -0.359. The number of carbonyl (C=O) groups excluding carboxylic acids is 1. The number of rotatable bonds is 4.